The van der Waals surface area contributed by atoms with Gasteiger partial charge in [-0.25, -0.2) is 13.4 Å². The Balaban J connectivity index is 3.10. The van der Waals surface area contributed by atoms with Gasteiger partial charge in [0, 0.05) is 6.42 Å². The standard InChI is InChI=1S/C11H20N4O2S2/c1-4-8-13-7-9(14-8)19(16,17)15-11(5-2,6-3)10(12)18/h7,15H,4-6H2,1-3H3,(H2,12,18)(H,13,14). The lowest BCUT2D eigenvalue weighted by Gasteiger charge is -2.30. The molecule has 0 aliphatic heterocycles. The number of rotatable bonds is 7. The van der Waals surface area contributed by atoms with E-state index in [1.54, 1.807) is 0 Å². The van der Waals surface area contributed by atoms with E-state index in [1.165, 1.54) is 6.20 Å². The second-order valence-corrected chi connectivity index (χ2v) is 6.40. The number of aromatic amines is 1. The molecule has 1 aromatic heterocycles. The van der Waals surface area contributed by atoms with E-state index in [9.17, 15) is 8.42 Å². The van der Waals surface area contributed by atoms with Crippen LogP contribution in [0.4, 0.5) is 0 Å². The lowest BCUT2D eigenvalue weighted by atomic mass is 9.94. The van der Waals surface area contributed by atoms with Gasteiger partial charge < -0.3 is 10.7 Å². The molecular formula is C11H20N4O2S2. The number of imidazole rings is 1. The van der Waals surface area contributed by atoms with E-state index in [2.05, 4.69) is 14.7 Å². The van der Waals surface area contributed by atoms with E-state index < -0.39 is 15.6 Å². The zero-order chi connectivity index (χ0) is 14.7. The molecular weight excluding hydrogens is 284 g/mol. The summed E-state index contributed by atoms with van der Waals surface area (Å²) in [6.07, 6.45) is 2.92. The van der Waals surface area contributed by atoms with Crippen molar-refractivity contribution in [3.8, 4) is 0 Å². The molecule has 0 spiro atoms. The summed E-state index contributed by atoms with van der Waals surface area (Å²) >= 11 is 5.00. The highest BCUT2D eigenvalue weighted by molar-refractivity contribution is 7.89. The molecule has 0 unspecified atom stereocenters. The summed E-state index contributed by atoms with van der Waals surface area (Å²) in [7, 11) is -3.71. The molecule has 0 amide bonds. The minimum Gasteiger partial charge on any atom is -0.392 e. The molecule has 0 saturated carbocycles. The van der Waals surface area contributed by atoms with Gasteiger partial charge in [0.25, 0.3) is 10.0 Å². The zero-order valence-electron chi connectivity index (χ0n) is 11.4. The van der Waals surface area contributed by atoms with E-state index in [0.29, 0.717) is 25.1 Å². The fourth-order valence-electron chi connectivity index (χ4n) is 1.76. The summed E-state index contributed by atoms with van der Waals surface area (Å²) in [5.74, 6) is 0.620. The number of sulfonamides is 1. The SMILES string of the molecule is CCc1ncc(S(=O)(=O)NC(CC)(CC)C(N)=S)[nH]1. The summed E-state index contributed by atoms with van der Waals surface area (Å²) in [5, 5.41) is 0.0341. The minimum atomic E-state index is -3.71. The maximum atomic E-state index is 12.3. The lowest BCUT2D eigenvalue weighted by Crippen LogP contribution is -2.55. The first-order valence-corrected chi connectivity index (χ1v) is 8.08. The molecule has 19 heavy (non-hydrogen) atoms. The summed E-state index contributed by atoms with van der Waals surface area (Å²) in [6, 6.07) is 0. The molecule has 0 fully saturated rings. The van der Waals surface area contributed by atoms with Crippen LogP contribution in [0.1, 0.15) is 39.4 Å². The van der Waals surface area contributed by atoms with E-state index in [4.69, 9.17) is 18.0 Å². The average molecular weight is 304 g/mol. The molecule has 0 bridgehead atoms. The van der Waals surface area contributed by atoms with Crippen molar-refractivity contribution in [1.82, 2.24) is 14.7 Å². The van der Waals surface area contributed by atoms with Gasteiger partial charge in [-0.05, 0) is 12.8 Å². The summed E-state index contributed by atoms with van der Waals surface area (Å²) < 4.78 is 27.2. The van der Waals surface area contributed by atoms with Crippen LogP contribution in [0.25, 0.3) is 0 Å². The van der Waals surface area contributed by atoms with Crippen molar-refractivity contribution in [3.63, 3.8) is 0 Å². The Morgan fingerprint density at radius 3 is 2.42 bits per heavy atom. The quantitative estimate of drug-likeness (QED) is 0.655. The Morgan fingerprint density at radius 1 is 1.47 bits per heavy atom. The van der Waals surface area contributed by atoms with Gasteiger partial charge in [-0.2, -0.15) is 4.72 Å². The predicted molar refractivity (Wildman–Crippen MR) is 78.4 cm³/mol. The number of hydrogen-bond donors (Lipinski definition) is 3. The fourth-order valence-corrected chi connectivity index (χ4v) is 3.64. The summed E-state index contributed by atoms with van der Waals surface area (Å²) in [6.45, 7) is 5.57. The van der Waals surface area contributed by atoms with E-state index in [1.807, 2.05) is 20.8 Å². The van der Waals surface area contributed by atoms with E-state index in [-0.39, 0.29) is 10.0 Å². The highest BCUT2D eigenvalue weighted by Crippen LogP contribution is 2.19. The van der Waals surface area contributed by atoms with Gasteiger partial charge in [0.15, 0.2) is 5.03 Å². The Kier molecular flexibility index (Phi) is 5.05. The highest BCUT2D eigenvalue weighted by atomic mass is 32.2. The van der Waals surface area contributed by atoms with Crippen molar-refractivity contribution in [2.75, 3.05) is 0 Å². The summed E-state index contributed by atoms with van der Waals surface area (Å²) in [5.41, 5.74) is 4.79. The third-order valence-electron chi connectivity index (χ3n) is 3.24. The highest BCUT2D eigenvalue weighted by Gasteiger charge is 2.35. The van der Waals surface area contributed by atoms with Crippen molar-refractivity contribution in [1.29, 1.82) is 0 Å². The van der Waals surface area contributed by atoms with Crippen molar-refractivity contribution in [2.45, 2.75) is 50.6 Å². The number of thiocarbonyl (C=S) groups is 1. The second kappa shape index (κ2) is 5.98. The van der Waals surface area contributed by atoms with Crippen LogP contribution in [0.15, 0.2) is 11.2 Å². The molecule has 4 N–H and O–H groups in total. The average Bonchev–Trinajstić information content (AvgIpc) is 2.85. The Morgan fingerprint density at radius 2 is 2.05 bits per heavy atom. The number of hydrogen-bond acceptors (Lipinski definition) is 4. The van der Waals surface area contributed by atoms with Gasteiger partial charge in [-0.1, -0.05) is 33.0 Å². The van der Waals surface area contributed by atoms with E-state index in [0.717, 1.165) is 0 Å². The molecule has 1 aromatic rings. The van der Waals surface area contributed by atoms with Crippen LogP contribution in [0.2, 0.25) is 0 Å². The number of nitrogens with zero attached hydrogens (tertiary/aromatic N) is 1. The monoisotopic (exact) mass is 304 g/mol. The van der Waals surface area contributed by atoms with Gasteiger partial charge in [0.1, 0.15) is 5.82 Å². The van der Waals surface area contributed by atoms with Crippen molar-refractivity contribution in [2.24, 2.45) is 5.73 Å². The Bertz CT molecular complexity index is 547. The molecule has 1 rings (SSSR count). The predicted octanol–water partition coefficient (Wildman–Crippen LogP) is 1.10. The molecule has 0 aromatic carbocycles. The number of H-pyrrole nitrogens is 1. The number of aryl methyl sites for hydroxylation is 1. The van der Waals surface area contributed by atoms with Gasteiger partial charge in [0.05, 0.1) is 16.7 Å². The topological polar surface area (TPSA) is 101 Å². The molecule has 6 nitrogen and oxygen atoms in total. The van der Waals surface area contributed by atoms with E-state index >= 15 is 0 Å². The first kappa shape index (κ1) is 16.1. The molecule has 8 heteroatoms. The number of nitrogens with one attached hydrogen (secondary N) is 2. The van der Waals surface area contributed by atoms with Gasteiger partial charge in [-0.3, -0.25) is 0 Å². The zero-order valence-corrected chi connectivity index (χ0v) is 13.0. The largest absolute Gasteiger partial charge is 0.392 e. The van der Waals surface area contributed by atoms with Crippen LogP contribution in [-0.4, -0.2) is 28.9 Å². The normalized spacial score (nSPS) is 12.6. The molecule has 0 atom stereocenters. The molecule has 108 valence electrons. The Labute approximate surface area is 119 Å². The maximum Gasteiger partial charge on any atom is 0.258 e. The van der Waals surface area contributed by atoms with Crippen molar-refractivity contribution < 1.29 is 8.42 Å². The van der Waals surface area contributed by atoms with Crippen LogP contribution < -0.4 is 10.5 Å². The first-order valence-electron chi connectivity index (χ1n) is 6.19. The van der Waals surface area contributed by atoms with Crippen LogP contribution in [0.3, 0.4) is 0 Å². The molecule has 1 heterocycles. The lowest BCUT2D eigenvalue weighted by molar-refractivity contribution is 0.464. The van der Waals surface area contributed by atoms with Crippen LogP contribution in [0, 0.1) is 0 Å². The molecule has 0 aliphatic rings. The van der Waals surface area contributed by atoms with Crippen LogP contribution >= 0.6 is 12.2 Å². The van der Waals surface area contributed by atoms with Crippen LogP contribution in [-0.2, 0) is 16.4 Å². The Hall–Kier alpha value is -0.990. The molecule has 0 radical (unpaired) electrons. The third-order valence-corrected chi connectivity index (χ3v) is 5.07. The second-order valence-electron chi connectivity index (χ2n) is 4.31. The molecule has 0 aliphatic carbocycles. The van der Waals surface area contributed by atoms with Gasteiger partial charge in [-0.15, -0.1) is 0 Å². The van der Waals surface area contributed by atoms with Crippen LogP contribution in [0.5, 0.6) is 0 Å². The molecule has 0 saturated heterocycles. The first-order chi connectivity index (χ1) is 8.81. The number of nitrogens with two attached hydrogens (primary N) is 1. The maximum absolute atomic E-state index is 12.3. The minimum absolute atomic E-state index is 0.0341. The van der Waals surface area contributed by atoms with Crippen molar-refractivity contribution >= 4 is 27.2 Å². The summed E-state index contributed by atoms with van der Waals surface area (Å²) in [4.78, 5) is 6.91. The fraction of sp³-hybridized carbons (Fsp3) is 0.636. The smallest absolute Gasteiger partial charge is 0.258 e. The third kappa shape index (κ3) is 3.31. The number of aromatic nitrogens is 2. The van der Waals surface area contributed by atoms with Gasteiger partial charge >= 0.3 is 0 Å². The van der Waals surface area contributed by atoms with Gasteiger partial charge in [0.2, 0.25) is 0 Å². The van der Waals surface area contributed by atoms with Crippen molar-refractivity contribution in [3.05, 3.63) is 12.0 Å².